The molecule has 0 radical (unpaired) electrons. The predicted molar refractivity (Wildman–Crippen MR) is 57.9 cm³/mol. The molecule has 1 fully saturated rings. The van der Waals surface area contributed by atoms with Crippen molar-refractivity contribution in [3.63, 3.8) is 0 Å². The molecule has 0 aromatic carbocycles. The van der Waals surface area contributed by atoms with Gasteiger partial charge in [0.15, 0.2) is 0 Å². The molecule has 2 N–H and O–H groups in total. The zero-order valence-electron chi connectivity index (χ0n) is 8.75. The maximum Gasteiger partial charge on any atom is 0.325 e. The van der Waals surface area contributed by atoms with Gasteiger partial charge in [-0.3, -0.25) is 9.59 Å². The molecular weight excluding hydrogens is 220 g/mol. The minimum absolute atomic E-state index is 0. The van der Waals surface area contributed by atoms with Crippen molar-refractivity contribution >= 4 is 24.3 Å². The van der Waals surface area contributed by atoms with E-state index in [4.69, 9.17) is 0 Å². The van der Waals surface area contributed by atoms with Crippen molar-refractivity contribution in [2.45, 2.75) is 13.3 Å². The molecule has 0 aromatic rings. The molecule has 0 aromatic heterocycles. The highest BCUT2D eigenvalue weighted by Gasteiger charge is 2.22. The first kappa shape index (κ1) is 14.2. The third-order valence-electron chi connectivity index (χ3n) is 2.14. The van der Waals surface area contributed by atoms with E-state index in [1.807, 2.05) is 0 Å². The fourth-order valence-corrected chi connectivity index (χ4v) is 1.39. The first-order valence-corrected chi connectivity index (χ1v) is 4.88. The average Bonchev–Trinajstić information content (AvgIpc) is 2.67. The molecule has 0 aliphatic carbocycles. The van der Waals surface area contributed by atoms with Gasteiger partial charge >= 0.3 is 5.97 Å². The molecule has 88 valence electrons. The monoisotopic (exact) mass is 236 g/mol. The smallest absolute Gasteiger partial charge is 0.325 e. The minimum atomic E-state index is -0.383. The first-order valence-electron chi connectivity index (χ1n) is 4.88. The van der Waals surface area contributed by atoms with Gasteiger partial charge in [0.25, 0.3) is 0 Å². The second kappa shape index (κ2) is 7.48. The Morgan fingerprint density at radius 3 is 2.80 bits per heavy atom. The van der Waals surface area contributed by atoms with Crippen LogP contribution in [0.1, 0.15) is 13.3 Å². The number of hydrogen-bond donors (Lipinski definition) is 2. The Labute approximate surface area is 95.3 Å². The number of nitrogens with one attached hydrogen (secondary N) is 2. The van der Waals surface area contributed by atoms with Gasteiger partial charge in [-0.2, -0.15) is 0 Å². The molecule has 0 unspecified atom stereocenters. The lowest BCUT2D eigenvalue weighted by molar-refractivity contribution is -0.143. The van der Waals surface area contributed by atoms with Crippen LogP contribution < -0.4 is 10.6 Å². The largest absolute Gasteiger partial charge is 0.465 e. The van der Waals surface area contributed by atoms with Crippen molar-refractivity contribution in [1.29, 1.82) is 0 Å². The van der Waals surface area contributed by atoms with E-state index in [0.29, 0.717) is 13.2 Å². The summed E-state index contributed by atoms with van der Waals surface area (Å²) in [7, 11) is 0. The lowest BCUT2D eigenvalue weighted by atomic mass is 10.1. The molecule has 1 aliphatic heterocycles. The van der Waals surface area contributed by atoms with Gasteiger partial charge in [-0.1, -0.05) is 0 Å². The second-order valence-electron chi connectivity index (χ2n) is 3.21. The van der Waals surface area contributed by atoms with Crippen molar-refractivity contribution in [3.8, 4) is 0 Å². The predicted octanol–water partition coefficient (Wildman–Crippen LogP) is -0.303. The molecule has 0 bridgehead atoms. The van der Waals surface area contributed by atoms with Gasteiger partial charge in [0, 0.05) is 6.54 Å². The van der Waals surface area contributed by atoms with Gasteiger partial charge in [0.2, 0.25) is 5.91 Å². The van der Waals surface area contributed by atoms with Crippen LogP contribution >= 0.6 is 12.4 Å². The van der Waals surface area contributed by atoms with Crippen molar-refractivity contribution in [1.82, 2.24) is 10.6 Å². The van der Waals surface area contributed by atoms with Crippen LogP contribution in [0.2, 0.25) is 0 Å². The lowest BCUT2D eigenvalue weighted by Crippen LogP contribution is -2.36. The number of halogens is 1. The minimum Gasteiger partial charge on any atom is -0.465 e. The molecule has 0 saturated carbocycles. The highest BCUT2D eigenvalue weighted by molar-refractivity contribution is 5.85. The summed E-state index contributed by atoms with van der Waals surface area (Å²) in [4.78, 5) is 22.3. The third-order valence-corrected chi connectivity index (χ3v) is 2.14. The zero-order valence-corrected chi connectivity index (χ0v) is 9.56. The van der Waals surface area contributed by atoms with Gasteiger partial charge in [0.1, 0.15) is 6.54 Å². The maximum atomic E-state index is 11.4. The van der Waals surface area contributed by atoms with Gasteiger partial charge in [-0.15, -0.1) is 12.4 Å². The number of carbonyl (C=O) groups is 2. The van der Waals surface area contributed by atoms with Crippen molar-refractivity contribution < 1.29 is 14.3 Å². The molecule has 15 heavy (non-hydrogen) atoms. The SMILES string of the molecule is CCOC(=O)CNC(=O)[C@@H]1CCNC1.Cl. The van der Waals surface area contributed by atoms with Crippen molar-refractivity contribution in [2.75, 3.05) is 26.2 Å². The van der Waals surface area contributed by atoms with Crippen LogP contribution in [0.15, 0.2) is 0 Å². The fraction of sp³-hybridized carbons (Fsp3) is 0.778. The molecular formula is C9H17ClN2O3. The summed E-state index contributed by atoms with van der Waals surface area (Å²) in [6.07, 6.45) is 0.842. The third kappa shape index (κ3) is 4.99. The molecule has 5 nitrogen and oxygen atoms in total. The number of ether oxygens (including phenoxy) is 1. The summed E-state index contributed by atoms with van der Waals surface area (Å²) in [6.45, 7) is 3.63. The van der Waals surface area contributed by atoms with E-state index in [1.165, 1.54) is 0 Å². The molecule has 1 rings (SSSR count). The lowest BCUT2D eigenvalue weighted by Gasteiger charge is -2.08. The van der Waals surface area contributed by atoms with Crippen LogP contribution in [-0.2, 0) is 14.3 Å². The molecule has 6 heteroatoms. The average molecular weight is 237 g/mol. The van der Waals surface area contributed by atoms with E-state index in [1.54, 1.807) is 6.92 Å². The molecule has 1 heterocycles. The van der Waals surface area contributed by atoms with Crippen LogP contribution in [0.25, 0.3) is 0 Å². The number of esters is 1. The number of amides is 1. The van der Waals surface area contributed by atoms with Gasteiger partial charge in [-0.05, 0) is 19.9 Å². The summed E-state index contributed by atoms with van der Waals surface area (Å²) in [6, 6.07) is 0. The molecule has 0 spiro atoms. The Bertz CT molecular complexity index is 217. The highest BCUT2D eigenvalue weighted by Crippen LogP contribution is 2.06. The molecule has 1 amide bonds. The normalized spacial score (nSPS) is 19.1. The van der Waals surface area contributed by atoms with E-state index in [-0.39, 0.29) is 36.7 Å². The summed E-state index contributed by atoms with van der Waals surface area (Å²) >= 11 is 0. The zero-order chi connectivity index (χ0) is 10.4. The summed E-state index contributed by atoms with van der Waals surface area (Å²) in [5.74, 6) is -0.445. The topological polar surface area (TPSA) is 67.4 Å². The summed E-state index contributed by atoms with van der Waals surface area (Å²) < 4.78 is 4.69. The second-order valence-corrected chi connectivity index (χ2v) is 3.21. The Kier molecular flexibility index (Phi) is 7.07. The van der Waals surface area contributed by atoms with E-state index in [0.717, 1.165) is 13.0 Å². The quantitative estimate of drug-likeness (QED) is 0.658. The molecule has 1 aliphatic rings. The van der Waals surface area contributed by atoms with Crippen LogP contribution in [0, 0.1) is 5.92 Å². The van der Waals surface area contributed by atoms with E-state index in [2.05, 4.69) is 15.4 Å². The van der Waals surface area contributed by atoms with Crippen molar-refractivity contribution in [3.05, 3.63) is 0 Å². The maximum absolute atomic E-state index is 11.4. The van der Waals surface area contributed by atoms with E-state index >= 15 is 0 Å². The van der Waals surface area contributed by atoms with Gasteiger partial charge in [0.05, 0.1) is 12.5 Å². The van der Waals surface area contributed by atoms with Gasteiger partial charge < -0.3 is 15.4 Å². The number of carbonyl (C=O) groups excluding carboxylic acids is 2. The Balaban J connectivity index is 0.00000196. The van der Waals surface area contributed by atoms with E-state index in [9.17, 15) is 9.59 Å². The fourth-order valence-electron chi connectivity index (χ4n) is 1.39. The van der Waals surface area contributed by atoms with Crippen LogP contribution in [0.4, 0.5) is 0 Å². The Morgan fingerprint density at radius 2 is 2.27 bits per heavy atom. The van der Waals surface area contributed by atoms with Crippen LogP contribution in [-0.4, -0.2) is 38.1 Å². The van der Waals surface area contributed by atoms with Crippen molar-refractivity contribution in [2.24, 2.45) is 5.92 Å². The summed E-state index contributed by atoms with van der Waals surface area (Å²) in [5.41, 5.74) is 0. The van der Waals surface area contributed by atoms with Crippen LogP contribution in [0.5, 0.6) is 0 Å². The Hall–Kier alpha value is -0.810. The van der Waals surface area contributed by atoms with E-state index < -0.39 is 0 Å². The highest BCUT2D eigenvalue weighted by atomic mass is 35.5. The number of rotatable bonds is 4. The van der Waals surface area contributed by atoms with Crippen LogP contribution in [0.3, 0.4) is 0 Å². The molecule has 1 saturated heterocycles. The Morgan fingerprint density at radius 1 is 1.53 bits per heavy atom. The van der Waals surface area contributed by atoms with Gasteiger partial charge in [-0.25, -0.2) is 0 Å². The summed E-state index contributed by atoms with van der Waals surface area (Å²) in [5, 5.41) is 5.64. The standard InChI is InChI=1S/C9H16N2O3.ClH/c1-2-14-8(12)6-11-9(13)7-3-4-10-5-7;/h7,10H,2-6H2,1H3,(H,11,13);1H/t7-;/m1./s1. The number of hydrogen-bond acceptors (Lipinski definition) is 4. The molecule has 1 atom stereocenters. The first-order chi connectivity index (χ1) is 6.74.